The molecule has 1 aromatic rings. The Morgan fingerprint density at radius 2 is 2.38 bits per heavy atom. The summed E-state index contributed by atoms with van der Waals surface area (Å²) in [6.07, 6.45) is 3.42. The van der Waals surface area contributed by atoms with Gasteiger partial charge >= 0.3 is 0 Å². The van der Waals surface area contributed by atoms with Crippen molar-refractivity contribution < 1.29 is 9.13 Å². The molecule has 0 aliphatic rings. The topological polar surface area (TPSA) is 47.3 Å². The summed E-state index contributed by atoms with van der Waals surface area (Å²) in [6.45, 7) is 3.64. The molecule has 88 valence electrons. The minimum atomic E-state index is -0.376. The lowest BCUT2D eigenvalue weighted by Gasteiger charge is -2.16. The Morgan fingerprint density at radius 1 is 1.62 bits per heavy atom. The van der Waals surface area contributed by atoms with Crippen LogP contribution in [0.1, 0.15) is 24.4 Å². The summed E-state index contributed by atoms with van der Waals surface area (Å²) in [5.74, 6) is 5.29. The molecule has 1 aromatic carbocycles. The van der Waals surface area contributed by atoms with Crippen molar-refractivity contribution in [3.63, 3.8) is 0 Å². The number of nitrogens with one attached hydrogen (secondary N) is 1. The first kappa shape index (κ1) is 12.7. The number of hydrogen-bond acceptors (Lipinski definition) is 3. The van der Waals surface area contributed by atoms with Crippen LogP contribution in [0.5, 0.6) is 5.75 Å². The van der Waals surface area contributed by atoms with E-state index in [2.05, 4.69) is 12.0 Å². The molecule has 0 saturated carbocycles. The average molecular weight is 224 g/mol. The van der Waals surface area contributed by atoms with Crippen molar-refractivity contribution in [3.05, 3.63) is 42.2 Å². The van der Waals surface area contributed by atoms with Crippen LogP contribution in [0, 0.1) is 5.82 Å². The maximum Gasteiger partial charge on any atom is 0.165 e. The van der Waals surface area contributed by atoms with Gasteiger partial charge in [-0.15, -0.1) is 6.58 Å². The van der Waals surface area contributed by atoms with Crippen molar-refractivity contribution in [2.24, 2.45) is 5.84 Å². The molecule has 1 atom stereocenters. The lowest BCUT2D eigenvalue weighted by Crippen LogP contribution is -2.27. The van der Waals surface area contributed by atoms with E-state index in [4.69, 9.17) is 10.6 Å². The lowest BCUT2D eigenvalue weighted by atomic mass is 10.0. The van der Waals surface area contributed by atoms with E-state index >= 15 is 0 Å². The van der Waals surface area contributed by atoms with E-state index in [0.717, 1.165) is 18.4 Å². The van der Waals surface area contributed by atoms with Crippen LogP contribution < -0.4 is 16.0 Å². The quantitative estimate of drug-likeness (QED) is 0.443. The highest BCUT2D eigenvalue weighted by Crippen LogP contribution is 2.23. The van der Waals surface area contributed by atoms with Crippen molar-refractivity contribution in [1.29, 1.82) is 0 Å². The van der Waals surface area contributed by atoms with Crippen molar-refractivity contribution in [3.8, 4) is 5.75 Å². The van der Waals surface area contributed by atoms with Gasteiger partial charge in [-0.05, 0) is 30.5 Å². The molecule has 3 N–H and O–H groups in total. The fraction of sp³-hybridized carbons (Fsp3) is 0.333. The first-order valence-corrected chi connectivity index (χ1v) is 5.13. The lowest BCUT2D eigenvalue weighted by molar-refractivity contribution is 0.385. The van der Waals surface area contributed by atoms with Gasteiger partial charge in [0.2, 0.25) is 0 Å². The molecule has 4 heteroatoms. The summed E-state index contributed by atoms with van der Waals surface area (Å²) >= 11 is 0. The van der Waals surface area contributed by atoms with Crippen LogP contribution in [0.15, 0.2) is 30.9 Å². The van der Waals surface area contributed by atoms with Crippen LogP contribution in [0.25, 0.3) is 0 Å². The molecule has 0 saturated heterocycles. The number of allylic oxidation sites excluding steroid dienone is 1. The minimum Gasteiger partial charge on any atom is -0.494 e. The Balaban J connectivity index is 2.84. The van der Waals surface area contributed by atoms with E-state index in [1.807, 2.05) is 6.08 Å². The van der Waals surface area contributed by atoms with Gasteiger partial charge in [-0.3, -0.25) is 11.3 Å². The molecule has 0 aliphatic carbocycles. The number of nitrogens with two attached hydrogens (primary N) is 1. The second-order valence-corrected chi connectivity index (χ2v) is 3.48. The number of halogens is 1. The average Bonchev–Trinajstić information content (AvgIpc) is 2.30. The predicted octanol–water partition coefficient (Wildman–Crippen LogP) is 2.30. The van der Waals surface area contributed by atoms with Crippen LogP contribution in [-0.4, -0.2) is 7.11 Å². The van der Waals surface area contributed by atoms with Crippen molar-refractivity contribution in [2.45, 2.75) is 18.9 Å². The van der Waals surface area contributed by atoms with Gasteiger partial charge in [0.15, 0.2) is 11.6 Å². The van der Waals surface area contributed by atoms with Gasteiger partial charge in [0, 0.05) is 6.04 Å². The highest BCUT2D eigenvalue weighted by Gasteiger charge is 2.11. The second kappa shape index (κ2) is 6.25. The summed E-state index contributed by atoms with van der Waals surface area (Å²) in [5.41, 5.74) is 3.47. The van der Waals surface area contributed by atoms with Gasteiger partial charge in [0.1, 0.15) is 0 Å². The summed E-state index contributed by atoms with van der Waals surface area (Å²) < 4.78 is 18.3. The molecule has 1 rings (SSSR count). The number of rotatable bonds is 6. The Hall–Kier alpha value is -1.39. The van der Waals surface area contributed by atoms with E-state index < -0.39 is 0 Å². The normalized spacial score (nSPS) is 12.2. The largest absolute Gasteiger partial charge is 0.494 e. The zero-order chi connectivity index (χ0) is 12.0. The molecule has 0 amide bonds. The van der Waals surface area contributed by atoms with Crippen molar-refractivity contribution in [1.82, 2.24) is 5.43 Å². The van der Waals surface area contributed by atoms with Crippen LogP contribution in [0.4, 0.5) is 4.39 Å². The summed E-state index contributed by atoms with van der Waals surface area (Å²) in [5, 5.41) is 0. The third kappa shape index (κ3) is 3.05. The van der Waals surface area contributed by atoms with Crippen molar-refractivity contribution >= 4 is 0 Å². The van der Waals surface area contributed by atoms with Gasteiger partial charge in [0.05, 0.1) is 7.11 Å². The summed E-state index contributed by atoms with van der Waals surface area (Å²) in [4.78, 5) is 0. The number of ether oxygens (including phenoxy) is 1. The third-order valence-electron chi connectivity index (χ3n) is 2.44. The highest BCUT2D eigenvalue weighted by atomic mass is 19.1. The molecule has 3 nitrogen and oxygen atoms in total. The first-order valence-electron chi connectivity index (χ1n) is 5.13. The minimum absolute atomic E-state index is 0.0709. The summed E-state index contributed by atoms with van der Waals surface area (Å²) in [6, 6.07) is 4.77. The number of hydrazine groups is 1. The number of hydrogen-bond donors (Lipinski definition) is 2. The van der Waals surface area contributed by atoms with Crippen molar-refractivity contribution in [2.75, 3.05) is 7.11 Å². The molecule has 1 unspecified atom stereocenters. The Kier molecular flexibility index (Phi) is 4.95. The fourth-order valence-electron chi connectivity index (χ4n) is 1.53. The highest BCUT2D eigenvalue weighted by molar-refractivity contribution is 5.31. The molecular formula is C12H17FN2O. The van der Waals surface area contributed by atoms with E-state index in [0.29, 0.717) is 0 Å². The Labute approximate surface area is 95.1 Å². The molecule has 0 heterocycles. The molecular weight excluding hydrogens is 207 g/mol. The van der Waals surface area contributed by atoms with Crippen LogP contribution >= 0.6 is 0 Å². The van der Waals surface area contributed by atoms with E-state index in [9.17, 15) is 4.39 Å². The van der Waals surface area contributed by atoms with E-state index in [1.54, 1.807) is 12.1 Å². The smallest absolute Gasteiger partial charge is 0.165 e. The SMILES string of the molecule is C=CCCC(NN)c1ccc(OC)c(F)c1. The molecule has 0 aliphatic heterocycles. The fourth-order valence-corrected chi connectivity index (χ4v) is 1.53. The van der Waals surface area contributed by atoms with Gasteiger partial charge in [-0.25, -0.2) is 4.39 Å². The Bertz CT molecular complexity index is 355. The number of benzene rings is 1. The summed E-state index contributed by atoms with van der Waals surface area (Å²) in [7, 11) is 1.44. The standard InChI is InChI=1S/C12H17FN2O/c1-3-4-5-11(15-14)9-6-7-12(16-2)10(13)8-9/h3,6-8,11,15H,1,4-5,14H2,2H3. The maximum atomic E-state index is 13.5. The van der Waals surface area contributed by atoms with Gasteiger partial charge in [0.25, 0.3) is 0 Å². The Morgan fingerprint density at radius 3 is 2.88 bits per heavy atom. The van der Waals surface area contributed by atoms with Gasteiger partial charge < -0.3 is 4.74 Å². The number of methoxy groups -OCH3 is 1. The van der Waals surface area contributed by atoms with Crippen LogP contribution in [0.3, 0.4) is 0 Å². The van der Waals surface area contributed by atoms with Crippen LogP contribution in [-0.2, 0) is 0 Å². The first-order chi connectivity index (χ1) is 7.72. The van der Waals surface area contributed by atoms with E-state index in [-0.39, 0.29) is 17.6 Å². The molecule has 16 heavy (non-hydrogen) atoms. The maximum absolute atomic E-state index is 13.5. The molecule has 0 aromatic heterocycles. The third-order valence-corrected chi connectivity index (χ3v) is 2.44. The van der Waals surface area contributed by atoms with Crippen LogP contribution in [0.2, 0.25) is 0 Å². The zero-order valence-corrected chi connectivity index (χ0v) is 9.37. The molecule has 0 spiro atoms. The zero-order valence-electron chi connectivity index (χ0n) is 9.37. The second-order valence-electron chi connectivity index (χ2n) is 3.48. The monoisotopic (exact) mass is 224 g/mol. The van der Waals surface area contributed by atoms with E-state index in [1.165, 1.54) is 13.2 Å². The molecule has 0 fully saturated rings. The van der Waals surface area contributed by atoms with Gasteiger partial charge in [-0.2, -0.15) is 0 Å². The van der Waals surface area contributed by atoms with Gasteiger partial charge in [-0.1, -0.05) is 12.1 Å². The predicted molar refractivity (Wildman–Crippen MR) is 62.4 cm³/mol. The molecule has 0 radical (unpaired) electrons. The molecule has 0 bridgehead atoms.